The molecule has 7 heteroatoms. The van der Waals surface area contributed by atoms with Crippen LogP contribution >= 0.6 is 11.6 Å². The summed E-state index contributed by atoms with van der Waals surface area (Å²) in [6.45, 7) is 4.33. The van der Waals surface area contributed by atoms with E-state index in [1.165, 1.54) is 0 Å². The average Bonchev–Trinajstić information content (AvgIpc) is 2.45. The van der Waals surface area contributed by atoms with Crippen molar-refractivity contribution in [3.05, 3.63) is 32.2 Å². The van der Waals surface area contributed by atoms with Crippen LogP contribution in [-0.4, -0.2) is 43.4 Å². The summed E-state index contributed by atoms with van der Waals surface area (Å²) in [6, 6.07) is -0.185. The van der Waals surface area contributed by atoms with E-state index in [1.54, 1.807) is 21.0 Å². The van der Waals surface area contributed by atoms with Gasteiger partial charge in [-0.15, -0.1) is 0 Å². The van der Waals surface area contributed by atoms with Crippen LogP contribution in [-0.2, 0) is 9.47 Å². The Balaban J connectivity index is 2.25. The molecule has 6 nitrogen and oxygen atoms in total. The van der Waals surface area contributed by atoms with Gasteiger partial charge in [0.25, 0.3) is 11.5 Å². The number of carbonyl (C=O) groups is 1. The van der Waals surface area contributed by atoms with Gasteiger partial charge in [-0.05, 0) is 25.8 Å². The molecule has 1 aliphatic rings. The topological polar surface area (TPSA) is 80.4 Å². The molecule has 0 aliphatic carbocycles. The van der Waals surface area contributed by atoms with Crippen LogP contribution in [0.2, 0.25) is 5.02 Å². The standard InChI is InChI=1S/C14H19ClN2O4/c1-7-11(13(18)16-8(2)12(7)15)14(19)17-9-4-5-21-6-10(9)20-3/h9-10H,4-6H2,1-3H3,(H,16,18)(H,17,19)/t9-,10-/m1/s1. The molecule has 0 radical (unpaired) electrons. The van der Waals surface area contributed by atoms with Crippen LogP contribution in [0, 0.1) is 13.8 Å². The molecule has 1 saturated heterocycles. The number of H-pyrrole nitrogens is 1. The van der Waals surface area contributed by atoms with Crippen molar-refractivity contribution in [2.45, 2.75) is 32.4 Å². The summed E-state index contributed by atoms with van der Waals surface area (Å²) >= 11 is 6.10. The van der Waals surface area contributed by atoms with E-state index in [-0.39, 0.29) is 17.7 Å². The van der Waals surface area contributed by atoms with Crippen LogP contribution in [0.5, 0.6) is 0 Å². The molecule has 2 N–H and O–H groups in total. The molecule has 0 bridgehead atoms. The summed E-state index contributed by atoms with van der Waals surface area (Å²) in [4.78, 5) is 27.0. The second-order valence-corrected chi connectivity index (χ2v) is 5.49. The van der Waals surface area contributed by atoms with Gasteiger partial charge in [0.1, 0.15) is 11.7 Å². The van der Waals surface area contributed by atoms with Crippen LogP contribution in [0.4, 0.5) is 0 Å². The summed E-state index contributed by atoms with van der Waals surface area (Å²) in [5.74, 6) is -0.440. The second-order valence-electron chi connectivity index (χ2n) is 5.11. The first-order chi connectivity index (χ1) is 9.95. The Hall–Kier alpha value is -1.37. The van der Waals surface area contributed by atoms with Gasteiger partial charge in [-0.1, -0.05) is 11.6 Å². The summed E-state index contributed by atoms with van der Waals surface area (Å²) in [5.41, 5.74) is 0.646. The summed E-state index contributed by atoms with van der Waals surface area (Å²) in [6.07, 6.45) is 0.420. The fourth-order valence-electron chi connectivity index (χ4n) is 2.47. The van der Waals surface area contributed by atoms with Gasteiger partial charge in [-0.2, -0.15) is 0 Å². The van der Waals surface area contributed by atoms with E-state index >= 15 is 0 Å². The predicted octanol–water partition coefficient (Wildman–Crippen LogP) is 1.18. The molecule has 0 spiro atoms. The van der Waals surface area contributed by atoms with E-state index in [0.29, 0.717) is 35.9 Å². The molecule has 1 aromatic heterocycles. The number of methoxy groups -OCH3 is 1. The van der Waals surface area contributed by atoms with Gasteiger partial charge in [0, 0.05) is 19.4 Å². The minimum Gasteiger partial charge on any atom is -0.379 e. The molecule has 0 aromatic carbocycles. The first-order valence-electron chi connectivity index (χ1n) is 6.76. The number of pyridine rings is 1. The molecular weight excluding hydrogens is 296 g/mol. The number of halogens is 1. The summed E-state index contributed by atoms with van der Waals surface area (Å²) in [5, 5.41) is 3.24. The highest BCUT2D eigenvalue weighted by atomic mass is 35.5. The highest BCUT2D eigenvalue weighted by molar-refractivity contribution is 6.32. The first-order valence-corrected chi connectivity index (χ1v) is 7.14. The Bertz CT molecular complexity index is 599. The lowest BCUT2D eigenvalue weighted by Crippen LogP contribution is -2.50. The van der Waals surface area contributed by atoms with Crippen molar-refractivity contribution in [3.63, 3.8) is 0 Å². The van der Waals surface area contributed by atoms with Crippen LogP contribution in [0.3, 0.4) is 0 Å². The lowest BCUT2D eigenvalue weighted by molar-refractivity contribution is -0.0479. The van der Waals surface area contributed by atoms with E-state index in [1.807, 2.05) is 0 Å². The zero-order valence-electron chi connectivity index (χ0n) is 12.3. The van der Waals surface area contributed by atoms with Crippen molar-refractivity contribution in [1.82, 2.24) is 10.3 Å². The smallest absolute Gasteiger partial charge is 0.261 e. The number of rotatable bonds is 3. The van der Waals surface area contributed by atoms with Crippen molar-refractivity contribution in [1.29, 1.82) is 0 Å². The summed E-state index contributed by atoms with van der Waals surface area (Å²) in [7, 11) is 1.57. The van der Waals surface area contributed by atoms with Crippen molar-refractivity contribution in [3.8, 4) is 0 Å². The van der Waals surface area contributed by atoms with Crippen molar-refractivity contribution in [2.24, 2.45) is 0 Å². The minimum absolute atomic E-state index is 0.0481. The molecule has 0 unspecified atom stereocenters. The predicted molar refractivity (Wildman–Crippen MR) is 79.0 cm³/mol. The normalized spacial score (nSPS) is 22.1. The van der Waals surface area contributed by atoms with Gasteiger partial charge >= 0.3 is 0 Å². The van der Waals surface area contributed by atoms with Crippen LogP contribution in [0.25, 0.3) is 0 Å². The fourth-order valence-corrected chi connectivity index (χ4v) is 2.61. The molecule has 1 aromatic rings. The van der Waals surface area contributed by atoms with E-state index < -0.39 is 11.5 Å². The molecule has 116 valence electrons. The Morgan fingerprint density at radius 3 is 2.86 bits per heavy atom. The summed E-state index contributed by atoms with van der Waals surface area (Å²) < 4.78 is 10.6. The maximum Gasteiger partial charge on any atom is 0.261 e. The van der Waals surface area contributed by atoms with Gasteiger partial charge in [-0.3, -0.25) is 9.59 Å². The molecule has 0 saturated carbocycles. The largest absolute Gasteiger partial charge is 0.379 e. The Labute approximate surface area is 127 Å². The fraction of sp³-hybridized carbons (Fsp3) is 0.571. The van der Waals surface area contributed by atoms with Gasteiger partial charge in [0.15, 0.2) is 0 Å². The molecular formula is C14H19ClN2O4. The van der Waals surface area contributed by atoms with Gasteiger partial charge in [-0.25, -0.2) is 0 Å². The van der Waals surface area contributed by atoms with Gasteiger partial charge in [0.05, 0.1) is 17.7 Å². The number of aromatic amines is 1. The number of hydrogen-bond donors (Lipinski definition) is 2. The maximum atomic E-state index is 12.4. The Morgan fingerprint density at radius 2 is 2.19 bits per heavy atom. The minimum atomic E-state index is -0.440. The van der Waals surface area contributed by atoms with Crippen molar-refractivity contribution < 1.29 is 14.3 Å². The average molecular weight is 315 g/mol. The van der Waals surface area contributed by atoms with Crippen molar-refractivity contribution >= 4 is 17.5 Å². The number of hydrogen-bond acceptors (Lipinski definition) is 4. The zero-order chi connectivity index (χ0) is 15.6. The highest BCUT2D eigenvalue weighted by Gasteiger charge is 2.29. The molecule has 2 atom stereocenters. The quantitative estimate of drug-likeness (QED) is 0.878. The monoisotopic (exact) mass is 314 g/mol. The molecule has 1 fully saturated rings. The first kappa shape index (κ1) is 16.0. The zero-order valence-corrected chi connectivity index (χ0v) is 13.0. The van der Waals surface area contributed by atoms with E-state index in [9.17, 15) is 9.59 Å². The number of nitrogens with one attached hydrogen (secondary N) is 2. The van der Waals surface area contributed by atoms with Gasteiger partial charge < -0.3 is 19.8 Å². The van der Waals surface area contributed by atoms with Crippen LogP contribution in [0.1, 0.15) is 28.0 Å². The molecule has 1 aliphatic heterocycles. The highest BCUT2D eigenvalue weighted by Crippen LogP contribution is 2.19. The third-order valence-electron chi connectivity index (χ3n) is 3.71. The maximum absolute atomic E-state index is 12.4. The van der Waals surface area contributed by atoms with Gasteiger partial charge in [0.2, 0.25) is 0 Å². The second kappa shape index (κ2) is 6.60. The molecule has 1 amide bonds. The van der Waals surface area contributed by atoms with Crippen LogP contribution in [0.15, 0.2) is 4.79 Å². The van der Waals surface area contributed by atoms with Crippen molar-refractivity contribution in [2.75, 3.05) is 20.3 Å². The third-order valence-corrected chi connectivity index (χ3v) is 4.28. The molecule has 2 rings (SSSR count). The van der Waals surface area contributed by atoms with E-state index in [4.69, 9.17) is 21.1 Å². The number of ether oxygens (including phenoxy) is 2. The lowest BCUT2D eigenvalue weighted by Gasteiger charge is -2.31. The van der Waals surface area contributed by atoms with E-state index in [0.717, 1.165) is 0 Å². The Morgan fingerprint density at radius 1 is 1.48 bits per heavy atom. The number of aryl methyl sites for hydroxylation is 1. The van der Waals surface area contributed by atoms with Crippen LogP contribution < -0.4 is 10.9 Å². The molecule has 2 heterocycles. The third kappa shape index (κ3) is 3.28. The number of amides is 1. The SMILES string of the molecule is CO[C@@H]1COCC[C@H]1NC(=O)c1c(C)c(Cl)c(C)[nH]c1=O. The Kier molecular flexibility index (Phi) is 5.03. The lowest BCUT2D eigenvalue weighted by atomic mass is 10.0. The number of carbonyl (C=O) groups excluding carboxylic acids is 1. The van der Waals surface area contributed by atoms with E-state index in [2.05, 4.69) is 10.3 Å². The number of aromatic nitrogens is 1. The molecule has 21 heavy (non-hydrogen) atoms.